The van der Waals surface area contributed by atoms with Crippen molar-refractivity contribution in [1.82, 2.24) is 10.2 Å². The van der Waals surface area contributed by atoms with Gasteiger partial charge in [0.1, 0.15) is 11.5 Å². The molecule has 1 atom stereocenters. The lowest BCUT2D eigenvalue weighted by Crippen LogP contribution is -2.30. The molecule has 0 saturated carbocycles. The first-order valence-electron chi connectivity index (χ1n) is 9.82. The minimum absolute atomic E-state index is 0.0412. The van der Waals surface area contributed by atoms with E-state index in [4.69, 9.17) is 18.6 Å². The quantitative estimate of drug-likeness (QED) is 0.307. The van der Waals surface area contributed by atoms with Crippen molar-refractivity contribution in [2.45, 2.75) is 19.6 Å². The Balaban J connectivity index is 1.90. The van der Waals surface area contributed by atoms with Crippen LogP contribution in [0.5, 0.6) is 11.5 Å². The Labute approximate surface area is 202 Å². The van der Waals surface area contributed by atoms with E-state index in [0.717, 1.165) is 4.90 Å². The molecular weight excluding hydrogens is 516 g/mol. The summed E-state index contributed by atoms with van der Waals surface area (Å²) < 4.78 is 26.3. The maximum atomic E-state index is 12.9. The Hall–Kier alpha value is -3.80. The molecule has 3 amide bonds. The Bertz CT molecular complexity index is 1170. The highest BCUT2D eigenvalue weighted by atomic mass is 79.9. The van der Waals surface area contributed by atoms with Crippen LogP contribution in [-0.4, -0.2) is 56.2 Å². The van der Waals surface area contributed by atoms with Gasteiger partial charge in [0.15, 0.2) is 17.6 Å². The standard InChI is InChI=1S/C22H21BrN2O9/c1-11(20(27)31-3)33-18-12(7-13(23)9-17(18)30-2)8-15-19(26)25(22(29)24-15)10-14-5-6-16(34-14)21(28)32-4/h5-9,11H,10H2,1-4H3,(H,24,29)/b15-8+/t11-/m0/s1. The lowest BCUT2D eigenvalue weighted by molar-refractivity contribution is -0.148. The van der Waals surface area contributed by atoms with Crippen molar-refractivity contribution in [2.75, 3.05) is 21.3 Å². The number of carbonyl (C=O) groups excluding carboxylic acids is 4. The normalized spacial score (nSPS) is 15.2. The van der Waals surface area contributed by atoms with Gasteiger partial charge in [0, 0.05) is 10.0 Å². The molecule has 11 nitrogen and oxygen atoms in total. The van der Waals surface area contributed by atoms with Gasteiger partial charge in [-0.1, -0.05) is 15.9 Å². The maximum absolute atomic E-state index is 12.9. The van der Waals surface area contributed by atoms with Crippen LogP contribution in [0.3, 0.4) is 0 Å². The number of carbonyl (C=O) groups is 4. The van der Waals surface area contributed by atoms with E-state index in [9.17, 15) is 19.2 Å². The number of hydrogen-bond acceptors (Lipinski definition) is 9. The van der Waals surface area contributed by atoms with Crippen LogP contribution < -0.4 is 14.8 Å². The Morgan fingerprint density at radius 3 is 2.56 bits per heavy atom. The zero-order valence-electron chi connectivity index (χ0n) is 18.7. The Morgan fingerprint density at radius 2 is 1.91 bits per heavy atom. The van der Waals surface area contributed by atoms with E-state index in [-0.39, 0.29) is 35.3 Å². The minimum atomic E-state index is -0.967. The monoisotopic (exact) mass is 536 g/mol. The molecule has 2 aromatic rings. The predicted octanol–water partition coefficient (Wildman–Crippen LogP) is 2.87. The van der Waals surface area contributed by atoms with Crippen molar-refractivity contribution < 1.29 is 42.5 Å². The summed E-state index contributed by atoms with van der Waals surface area (Å²) >= 11 is 3.36. The topological polar surface area (TPSA) is 134 Å². The van der Waals surface area contributed by atoms with Crippen LogP contribution in [-0.2, 0) is 25.6 Å². The summed E-state index contributed by atoms with van der Waals surface area (Å²) in [5.74, 6) is -1.30. The van der Waals surface area contributed by atoms with E-state index >= 15 is 0 Å². The van der Waals surface area contributed by atoms with Gasteiger partial charge >= 0.3 is 18.0 Å². The zero-order chi connectivity index (χ0) is 25.0. The number of halogens is 1. The molecule has 0 unspecified atom stereocenters. The number of hydrogen-bond donors (Lipinski definition) is 1. The van der Waals surface area contributed by atoms with E-state index in [2.05, 4.69) is 26.0 Å². The van der Waals surface area contributed by atoms with Gasteiger partial charge in [0.25, 0.3) is 5.91 Å². The van der Waals surface area contributed by atoms with Crippen LogP contribution in [0.25, 0.3) is 6.08 Å². The van der Waals surface area contributed by atoms with Crippen molar-refractivity contribution >= 4 is 45.9 Å². The molecule has 34 heavy (non-hydrogen) atoms. The van der Waals surface area contributed by atoms with Crippen molar-refractivity contribution in [1.29, 1.82) is 0 Å². The summed E-state index contributed by atoms with van der Waals surface area (Å²) in [5, 5.41) is 2.50. The van der Waals surface area contributed by atoms with Gasteiger partial charge in [0.05, 0.1) is 27.9 Å². The lowest BCUT2D eigenvalue weighted by atomic mass is 10.1. The number of amides is 3. The number of imide groups is 1. The van der Waals surface area contributed by atoms with Crippen molar-refractivity contribution in [3.63, 3.8) is 0 Å². The number of methoxy groups -OCH3 is 3. The summed E-state index contributed by atoms with van der Waals surface area (Å²) in [7, 11) is 3.86. The largest absolute Gasteiger partial charge is 0.493 e. The lowest BCUT2D eigenvalue weighted by Gasteiger charge is -2.18. The fourth-order valence-electron chi connectivity index (χ4n) is 3.06. The minimum Gasteiger partial charge on any atom is -0.493 e. The van der Waals surface area contributed by atoms with Gasteiger partial charge < -0.3 is 28.7 Å². The molecule has 3 rings (SSSR count). The number of nitrogens with one attached hydrogen (secondary N) is 1. The molecule has 1 aromatic heterocycles. The summed E-state index contributed by atoms with van der Waals surface area (Å²) in [6, 6.07) is 5.42. The Morgan fingerprint density at radius 1 is 1.18 bits per heavy atom. The van der Waals surface area contributed by atoms with Crippen molar-refractivity contribution in [3.05, 3.63) is 51.5 Å². The van der Waals surface area contributed by atoms with Crippen molar-refractivity contribution in [2.24, 2.45) is 0 Å². The second kappa shape index (κ2) is 10.4. The molecule has 0 aliphatic carbocycles. The number of nitrogens with zero attached hydrogens (tertiary/aromatic N) is 1. The van der Waals surface area contributed by atoms with Crippen LogP contribution in [0.4, 0.5) is 4.79 Å². The third kappa shape index (κ3) is 5.22. The fourth-order valence-corrected chi connectivity index (χ4v) is 3.52. The molecule has 12 heteroatoms. The maximum Gasteiger partial charge on any atom is 0.373 e. The highest BCUT2D eigenvalue weighted by molar-refractivity contribution is 9.10. The second-order valence-electron chi connectivity index (χ2n) is 6.95. The Kier molecular flexibility index (Phi) is 7.61. The molecule has 180 valence electrons. The number of urea groups is 1. The summed E-state index contributed by atoms with van der Waals surface area (Å²) in [5.41, 5.74) is 0.318. The summed E-state index contributed by atoms with van der Waals surface area (Å²) in [4.78, 5) is 49.7. The van der Waals surface area contributed by atoms with Crippen LogP contribution in [0, 0.1) is 0 Å². The average Bonchev–Trinajstić information content (AvgIpc) is 3.39. The summed E-state index contributed by atoms with van der Waals surface area (Å²) in [6.07, 6.45) is 0.431. The number of rotatable bonds is 8. The highest BCUT2D eigenvalue weighted by Crippen LogP contribution is 2.37. The number of benzene rings is 1. The molecule has 1 N–H and O–H groups in total. The van der Waals surface area contributed by atoms with Gasteiger partial charge in [-0.05, 0) is 37.3 Å². The molecule has 2 heterocycles. The molecule has 0 radical (unpaired) electrons. The van der Waals surface area contributed by atoms with Crippen LogP contribution >= 0.6 is 15.9 Å². The van der Waals surface area contributed by atoms with Gasteiger partial charge in [-0.25, -0.2) is 14.4 Å². The first-order chi connectivity index (χ1) is 16.2. The molecule has 0 spiro atoms. The SMILES string of the molecule is COC(=O)c1ccc(CN2C(=O)N/C(=C/c3cc(Br)cc(OC)c3O[C@@H](C)C(=O)OC)C2=O)o1. The first kappa shape index (κ1) is 24.8. The van der Waals surface area contributed by atoms with Gasteiger partial charge in [-0.2, -0.15) is 0 Å². The molecule has 1 fully saturated rings. The van der Waals surface area contributed by atoms with E-state index in [1.165, 1.54) is 46.5 Å². The van der Waals surface area contributed by atoms with Crippen LogP contribution in [0.15, 0.2) is 38.9 Å². The highest BCUT2D eigenvalue weighted by Gasteiger charge is 2.35. The molecule has 1 aliphatic rings. The van der Waals surface area contributed by atoms with Crippen LogP contribution in [0.2, 0.25) is 0 Å². The number of ether oxygens (including phenoxy) is 4. The third-order valence-electron chi connectivity index (χ3n) is 4.72. The molecule has 1 aromatic carbocycles. The van der Waals surface area contributed by atoms with Gasteiger partial charge in [-0.3, -0.25) is 9.69 Å². The molecular formula is C22H21BrN2O9. The van der Waals surface area contributed by atoms with Gasteiger partial charge in [-0.15, -0.1) is 0 Å². The smallest absolute Gasteiger partial charge is 0.373 e. The van der Waals surface area contributed by atoms with E-state index in [1.54, 1.807) is 12.1 Å². The molecule has 1 aliphatic heterocycles. The molecule has 0 bridgehead atoms. The van der Waals surface area contributed by atoms with E-state index in [0.29, 0.717) is 10.0 Å². The predicted molar refractivity (Wildman–Crippen MR) is 120 cm³/mol. The number of esters is 2. The van der Waals surface area contributed by atoms with E-state index in [1.807, 2.05) is 0 Å². The van der Waals surface area contributed by atoms with E-state index < -0.39 is 30.0 Å². The second-order valence-corrected chi connectivity index (χ2v) is 7.86. The fraction of sp³-hybridized carbons (Fsp3) is 0.273. The molecule has 1 saturated heterocycles. The third-order valence-corrected chi connectivity index (χ3v) is 5.18. The number of furan rings is 1. The van der Waals surface area contributed by atoms with Crippen molar-refractivity contribution in [3.8, 4) is 11.5 Å². The zero-order valence-corrected chi connectivity index (χ0v) is 20.3. The van der Waals surface area contributed by atoms with Gasteiger partial charge in [0.2, 0.25) is 5.76 Å². The summed E-state index contributed by atoms with van der Waals surface area (Å²) in [6.45, 7) is 1.30. The average molecular weight is 537 g/mol. The first-order valence-corrected chi connectivity index (χ1v) is 10.6. The van der Waals surface area contributed by atoms with Crippen LogP contribution in [0.1, 0.15) is 28.8 Å².